The first-order valence-corrected chi connectivity index (χ1v) is 12.2. The van der Waals surface area contributed by atoms with E-state index in [1.807, 2.05) is 32.2 Å². The van der Waals surface area contributed by atoms with E-state index in [4.69, 9.17) is 0 Å². The summed E-state index contributed by atoms with van der Waals surface area (Å²) in [5, 5.41) is 12.0. The highest BCUT2D eigenvalue weighted by Crippen LogP contribution is 2.29. The highest BCUT2D eigenvalue weighted by atomic mass is 19.1. The SMILES string of the molecule is CCC(CC)C(=O)Nc1ccc(N2CCN(C(CCCCO)c3ccccn3)CC2)c(F)c1. The van der Waals surface area contributed by atoms with Gasteiger partial charge >= 0.3 is 0 Å². The Balaban J connectivity index is 1.62. The van der Waals surface area contributed by atoms with Gasteiger partial charge in [0.1, 0.15) is 5.82 Å². The number of pyridine rings is 1. The van der Waals surface area contributed by atoms with Gasteiger partial charge in [-0.25, -0.2) is 4.39 Å². The molecule has 1 saturated heterocycles. The van der Waals surface area contributed by atoms with Crippen LogP contribution < -0.4 is 10.2 Å². The summed E-state index contributed by atoms with van der Waals surface area (Å²) in [4.78, 5) is 21.4. The molecule has 1 fully saturated rings. The summed E-state index contributed by atoms with van der Waals surface area (Å²) in [7, 11) is 0. The normalized spacial score (nSPS) is 15.6. The van der Waals surface area contributed by atoms with Crippen molar-refractivity contribution >= 4 is 17.3 Å². The number of aromatic nitrogens is 1. The van der Waals surface area contributed by atoms with Crippen molar-refractivity contribution in [2.24, 2.45) is 5.92 Å². The van der Waals surface area contributed by atoms with Gasteiger partial charge in [-0.1, -0.05) is 19.9 Å². The number of rotatable bonds is 11. The number of piperazine rings is 1. The Kier molecular flexibility index (Phi) is 9.63. The van der Waals surface area contributed by atoms with E-state index in [0.717, 1.165) is 64.0 Å². The van der Waals surface area contributed by atoms with Gasteiger partial charge in [-0.15, -0.1) is 0 Å². The van der Waals surface area contributed by atoms with Gasteiger partial charge in [0, 0.05) is 50.6 Å². The predicted octanol–water partition coefficient (Wildman–Crippen LogP) is 4.62. The number of hydrogen-bond acceptors (Lipinski definition) is 5. The van der Waals surface area contributed by atoms with Crippen LogP contribution in [0.4, 0.5) is 15.8 Å². The maximum absolute atomic E-state index is 14.9. The molecule has 33 heavy (non-hydrogen) atoms. The lowest BCUT2D eigenvalue weighted by molar-refractivity contribution is -0.120. The van der Waals surface area contributed by atoms with Gasteiger partial charge < -0.3 is 15.3 Å². The van der Waals surface area contributed by atoms with Crippen LogP contribution in [0.3, 0.4) is 0 Å². The highest BCUT2D eigenvalue weighted by molar-refractivity contribution is 5.92. The van der Waals surface area contributed by atoms with Gasteiger partial charge in [0.05, 0.1) is 17.4 Å². The topological polar surface area (TPSA) is 68.7 Å². The van der Waals surface area contributed by atoms with Crippen molar-refractivity contribution in [1.82, 2.24) is 9.88 Å². The largest absolute Gasteiger partial charge is 0.396 e. The smallest absolute Gasteiger partial charge is 0.227 e. The molecule has 2 N–H and O–H groups in total. The molecule has 0 bridgehead atoms. The van der Waals surface area contributed by atoms with E-state index in [1.165, 1.54) is 6.07 Å². The van der Waals surface area contributed by atoms with Crippen LogP contribution in [0.25, 0.3) is 0 Å². The van der Waals surface area contributed by atoms with Crippen molar-refractivity contribution in [2.45, 2.75) is 52.0 Å². The third-order valence-corrected chi connectivity index (χ3v) is 6.58. The summed E-state index contributed by atoms with van der Waals surface area (Å²) in [5.41, 5.74) is 2.13. The summed E-state index contributed by atoms with van der Waals surface area (Å²) in [6.07, 6.45) is 6.03. The Labute approximate surface area is 196 Å². The number of nitrogens with one attached hydrogen (secondary N) is 1. The lowest BCUT2D eigenvalue weighted by atomic mass is 10.0. The minimum absolute atomic E-state index is 0.0507. The standard InChI is InChI=1S/C26H37FN4O2/c1-3-20(4-2)26(33)29-21-11-12-24(22(27)19-21)30-14-16-31(17-15-30)25(10-6-8-18-32)23-9-5-7-13-28-23/h5,7,9,11-13,19-20,25,32H,3-4,6,8,10,14-18H2,1-2H3,(H,29,33). The van der Waals surface area contributed by atoms with Crippen molar-refractivity contribution in [2.75, 3.05) is 43.0 Å². The van der Waals surface area contributed by atoms with Gasteiger partial charge in [-0.05, 0) is 62.4 Å². The molecule has 180 valence electrons. The zero-order valence-electron chi connectivity index (χ0n) is 19.8. The van der Waals surface area contributed by atoms with Gasteiger partial charge in [-0.2, -0.15) is 0 Å². The Morgan fingerprint density at radius 3 is 2.48 bits per heavy atom. The molecule has 7 heteroatoms. The van der Waals surface area contributed by atoms with Crippen molar-refractivity contribution in [1.29, 1.82) is 0 Å². The van der Waals surface area contributed by atoms with E-state index in [1.54, 1.807) is 12.1 Å². The third kappa shape index (κ3) is 6.74. The van der Waals surface area contributed by atoms with Gasteiger partial charge in [-0.3, -0.25) is 14.7 Å². The minimum Gasteiger partial charge on any atom is -0.396 e. The molecule has 1 atom stereocenters. The second-order valence-corrected chi connectivity index (χ2v) is 8.68. The van der Waals surface area contributed by atoms with Crippen LogP contribution >= 0.6 is 0 Å². The third-order valence-electron chi connectivity index (χ3n) is 6.58. The number of nitrogens with zero attached hydrogens (tertiary/aromatic N) is 3. The molecule has 1 amide bonds. The molecular formula is C26H37FN4O2. The van der Waals surface area contributed by atoms with Crippen LogP contribution in [-0.2, 0) is 4.79 Å². The first-order valence-electron chi connectivity index (χ1n) is 12.2. The van der Waals surface area contributed by atoms with Crippen molar-refractivity contribution in [3.05, 3.63) is 54.1 Å². The summed E-state index contributed by atoms with van der Waals surface area (Å²) < 4.78 is 14.9. The van der Waals surface area contributed by atoms with E-state index < -0.39 is 0 Å². The van der Waals surface area contributed by atoms with Crippen molar-refractivity contribution in [3.8, 4) is 0 Å². The highest BCUT2D eigenvalue weighted by Gasteiger charge is 2.27. The molecule has 1 aliphatic heterocycles. The van der Waals surface area contributed by atoms with Gasteiger partial charge in [0.25, 0.3) is 0 Å². The number of amides is 1. The van der Waals surface area contributed by atoms with E-state index in [-0.39, 0.29) is 30.3 Å². The predicted molar refractivity (Wildman–Crippen MR) is 131 cm³/mol. The van der Waals surface area contributed by atoms with Crippen LogP contribution in [0.2, 0.25) is 0 Å². The van der Waals surface area contributed by atoms with Gasteiger partial charge in [0.2, 0.25) is 5.91 Å². The lowest BCUT2D eigenvalue weighted by Crippen LogP contribution is -2.48. The fourth-order valence-corrected chi connectivity index (χ4v) is 4.56. The van der Waals surface area contributed by atoms with Crippen molar-refractivity contribution < 1.29 is 14.3 Å². The molecule has 0 saturated carbocycles. The molecule has 0 spiro atoms. The molecule has 1 unspecified atom stereocenters. The Morgan fingerprint density at radius 1 is 1.12 bits per heavy atom. The van der Waals surface area contributed by atoms with Crippen LogP contribution in [0, 0.1) is 11.7 Å². The van der Waals surface area contributed by atoms with Crippen LogP contribution in [-0.4, -0.2) is 53.7 Å². The first kappa shape index (κ1) is 25.1. The molecule has 3 rings (SSSR count). The zero-order chi connectivity index (χ0) is 23.6. The number of unbranched alkanes of at least 4 members (excludes halogenated alkanes) is 1. The molecule has 2 aromatic rings. The molecule has 0 aliphatic carbocycles. The molecule has 1 aromatic heterocycles. The maximum Gasteiger partial charge on any atom is 0.227 e. The number of carbonyl (C=O) groups is 1. The molecule has 6 nitrogen and oxygen atoms in total. The van der Waals surface area contributed by atoms with E-state index >= 15 is 0 Å². The minimum atomic E-state index is -0.310. The fourth-order valence-electron chi connectivity index (χ4n) is 4.56. The summed E-state index contributed by atoms with van der Waals surface area (Å²) in [6, 6.07) is 11.2. The number of benzene rings is 1. The van der Waals surface area contributed by atoms with E-state index in [2.05, 4.69) is 26.2 Å². The fraction of sp³-hybridized carbons (Fsp3) is 0.538. The zero-order valence-corrected chi connectivity index (χ0v) is 19.8. The van der Waals surface area contributed by atoms with Crippen molar-refractivity contribution in [3.63, 3.8) is 0 Å². The maximum atomic E-state index is 14.9. The quantitative estimate of drug-likeness (QED) is 0.483. The molecular weight excluding hydrogens is 419 g/mol. The number of halogens is 1. The summed E-state index contributed by atoms with van der Waals surface area (Å²) in [6.45, 7) is 7.25. The Bertz CT molecular complexity index is 868. The van der Waals surface area contributed by atoms with E-state index in [0.29, 0.717) is 11.4 Å². The van der Waals surface area contributed by atoms with Crippen LogP contribution in [0.15, 0.2) is 42.6 Å². The lowest BCUT2D eigenvalue weighted by Gasteiger charge is -2.40. The Morgan fingerprint density at radius 2 is 1.88 bits per heavy atom. The molecule has 1 aromatic carbocycles. The molecule has 1 aliphatic rings. The number of aliphatic hydroxyl groups is 1. The van der Waals surface area contributed by atoms with Gasteiger partial charge in [0.15, 0.2) is 0 Å². The molecule has 0 radical (unpaired) electrons. The number of aliphatic hydroxyl groups excluding tert-OH is 1. The van der Waals surface area contributed by atoms with Crippen LogP contribution in [0.1, 0.15) is 57.7 Å². The summed E-state index contributed by atoms with van der Waals surface area (Å²) in [5.74, 6) is -0.414. The first-order chi connectivity index (χ1) is 16.1. The average molecular weight is 457 g/mol. The van der Waals surface area contributed by atoms with E-state index in [9.17, 15) is 14.3 Å². The number of hydrogen-bond donors (Lipinski definition) is 2. The number of carbonyl (C=O) groups excluding carboxylic acids is 1. The molecule has 2 heterocycles. The Hall–Kier alpha value is -2.51. The second-order valence-electron chi connectivity index (χ2n) is 8.68. The summed E-state index contributed by atoms with van der Waals surface area (Å²) >= 11 is 0. The number of anilines is 2. The average Bonchev–Trinajstić information content (AvgIpc) is 2.84. The monoisotopic (exact) mass is 456 g/mol. The second kappa shape index (κ2) is 12.7. The van der Waals surface area contributed by atoms with Crippen LogP contribution in [0.5, 0.6) is 0 Å².